The van der Waals surface area contributed by atoms with Crippen LogP contribution in [0.3, 0.4) is 0 Å². The van der Waals surface area contributed by atoms with Crippen molar-refractivity contribution in [2.24, 2.45) is 17.8 Å². The van der Waals surface area contributed by atoms with Gasteiger partial charge in [-0.15, -0.1) is 0 Å². The number of carbonyl (C=O) groups excluding carboxylic acids is 2. The summed E-state index contributed by atoms with van der Waals surface area (Å²) in [6.45, 7) is 1.63. The van der Waals surface area contributed by atoms with Crippen LogP contribution < -0.4 is 10.9 Å². The molecule has 2 saturated heterocycles. The number of fused-ring (bicyclic) bond motifs is 2. The minimum atomic E-state index is -0.762. The first-order chi connectivity index (χ1) is 13.5. The van der Waals surface area contributed by atoms with Crippen LogP contribution in [0.25, 0.3) is 0 Å². The third-order valence-corrected chi connectivity index (χ3v) is 6.89. The van der Waals surface area contributed by atoms with Crippen LogP contribution in [-0.4, -0.2) is 53.2 Å². The number of hydrogen-bond donors (Lipinski definition) is 2. The van der Waals surface area contributed by atoms with Crippen LogP contribution in [0.2, 0.25) is 0 Å². The third kappa shape index (κ3) is 2.82. The molecule has 4 fully saturated rings. The summed E-state index contributed by atoms with van der Waals surface area (Å²) >= 11 is 0. The quantitative estimate of drug-likeness (QED) is 0.796. The lowest BCUT2D eigenvalue weighted by Crippen LogP contribution is -2.53. The lowest BCUT2D eigenvalue weighted by Gasteiger charge is -2.30. The molecule has 0 aromatic carbocycles. The van der Waals surface area contributed by atoms with Gasteiger partial charge in [0.2, 0.25) is 5.91 Å². The van der Waals surface area contributed by atoms with E-state index in [1.807, 2.05) is 0 Å². The Kier molecular flexibility index (Phi) is 4.01. The monoisotopic (exact) mass is 388 g/mol. The maximum absolute atomic E-state index is 12.9. The van der Waals surface area contributed by atoms with Crippen molar-refractivity contribution in [1.29, 1.82) is 0 Å². The van der Waals surface area contributed by atoms with Gasteiger partial charge >= 0.3 is 5.63 Å². The molecule has 5 atom stereocenters. The van der Waals surface area contributed by atoms with E-state index in [2.05, 4.69) is 5.32 Å². The van der Waals surface area contributed by atoms with E-state index in [1.54, 1.807) is 4.90 Å². The number of ether oxygens (including phenoxy) is 1. The summed E-state index contributed by atoms with van der Waals surface area (Å²) in [7, 11) is 0. The highest BCUT2D eigenvalue weighted by molar-refractivity contribution is 5.92. The second-order valence-electron chi connectivity index (χ2n) is 8.59. The summed E-state index contributed by atoms with van der Waals surface area (Å²) in [6, 6.07) is 2.09. The second kappa shape index (κ2) is 6.34. The van der Waals surface area contributed by atoms with Crippen molar-refractivity contribution < 1.29 is 23.8 Å². The molecule has 0 radical (unpaired) electrons. The lowest BCUT2D eigenvalue weighted by atomic mass is 9.90. The minimum Gasteiger partial charge on any atom is -0.508 e. The summed E-state index contributed by atoms with van der Waals surface area (Å²) in [5, 5.41) is 12.9. The van der Waals surface area contributed by atoms with E-state index in [0.717, 1.165) is 50.8 Å². The number of carbonyl (C=O) groups is 2. The molecule has 1 aromatic rings. The molecule has 2 amide bonds. The standard InChI is InChI=1S/C20H24N2O6/c23-12-7-14(28-15(24)8-12)19(26)22-9-11-3-1-5-20(11,10-22)21-18(25)16-13-4-2-6-27-17(13)16/h7-8,11,13,16-17,23H,1-6,9-10H2,(H,21,25)/t11-,13+,16+,17+,20-/m0/s1. The predicted octanol–water partition coefficient (Wildman–Crippen LogP) is 0.881. The van der Waals surface area contributed by atoms with Gasteiger partial charge in [0, 0.05) is 37.6 Å². The Morgan fingerprint density at radius 2 is 2.11 bits per heavy atom. The molecular weight excluding hydrogens is 364 g/mol. The molecule has 2 N–H and O–H groups in total. The summed E-state index contributed by atoms with van der Waals surface area (Å²) < 4.78 is 10.7. The highest BCUT2D eigenvalue weighted by Crippen LogP contribution is 2.49. The van der Waals surface area contributed by atoms with Crippen molar-refractivity contribution in [2.45, 2.75) is 43.7 Å². The molecule has 2 aliphatic carbocycles. The van der Waals surface area contributed by atoms with E-state index >= 15 is 0 Å². The summed E-state index contributed by atoms with van der Waals surface area (Å²) in [5.41, 5.74) is -1.18. The average Bonchev–Trinajstić information content (AvgIpc) is 3.11. The summed E-state index contributed by atoms with van der Waals surface area (Å²) in [6.07, 6.45) is 4.91. The zero-order valence-electron chi connectivity index (χ0n) is 15.6. The van der Waals surface area contributed by atoms with Gasteiger partial charge in [-0.3, -0.25) is 9.59 Å². The summed E-state index contributed by atoms with van der Waals surface area (Å²) in [5.74, 6) is -0.392. The van der Waals surface area contributed by atoms with Crippen molar-refractivity contribution >= 4 is 11.8 Å². The maximum atomic E-state index is 12.9. The molecule has 4 aliphatic rings. The highest BCUT2D eigenvalue weighted by atomic mass is 16.5. The van der Waals surface area contributed by atoms with Gasteiger partial charge in [-0.1, -0.05) is 6.42 Å². The average molecular weight is 388 g/mol. The molecule has 150 valence electrons. The Balaban J connectivity index is 1.32. The number of nitrogens with zero attached hydrogens (tertiary/aromatic N) is 1. The molecular formula is C20H24N2O6. The fourth-order valence-electron chi connectivity index (χ4n) is 5.50. The zero-order chi connectivity index (χ0) is 19.5. The summed E-state index contributed by atoms with van der Waals surface area (Å²) in [4.78, 5) is 38.8. The van der Waals surface area contributed by atoms with E-state index in [1.165, 1.54) is 0 Å². The number of likely N-dealkylation sites (tertiary alicyclic amines) is 1. The Hall–Kier alpha value is -2.35. The highest BCUT2D eigenvalue weighted by Gasteiger charge is 2.59. The van der Waals surface area contributed by atoms with E-state index in [-0.39, 0.29) is 35.4 Å². The molecule has 8 heteroatoms. The molecule has 0 bridgehead atoms. The Morgan fingerprint density at radius 3 is 2.86 bits per heavy atom. The van der Waals surface area contributed by atoms with Gasteiger partial charge in [-0.2, -0.15) is 0 Å². The molecule has 2 aliphatic heterocycles. The molecule has 8 nitrogen and oxygen atoms in total. The van der Waals surface area contributed by atoms with Gasteiger partial charge in [0.05, 0.1) is 23.6 Å². The molecule has 5 rings (SSSR count). The van der Waals surface area contributed by atoms with Crippen LogP contribution in [0.5, 0.6) is 5.75 Å². The number of rotatable bonds is 3. The van der Waals surface area contributed by atoms with Crippen molar-refractivity contribution in [3.8, 4) is 5.75 Å². The van der Waals surface area contributed by atoms with Crippen molar-refractivity contribution in [3.63, 3.8) is 0 Å². The van der Waals surface area contributed by atoms with Crippen molar-refractivity contribution in [2.75, 3.05) is 19.7 Å². The predicted molar refractivity (Wildman–Crippen MR) is 96.7 cm³/mol. The van der Waals surface area contributed by atoms with Crippen LogP contribution in [0.15, 0.2) is 21.3 Å². The molecule has 2 saturated carbocycles. The van der Waals surface area contributed by atoms with Crippen LogP contribution in [0.4, 0.5) is 0 Å². The zero-order valence-corrected chi connectivity index (χ0v) is 15.6. The molecule has 3 heterocycles. The molecule has 28 heavy (non-hydrogen) atoms. The molecule has 1 aromatic heterocycles. The Morgan fingerprint density at radius 1 is 1.25 bits per heavy atom. The SMILES string of the molecule is O=C(N[C@]12CCC[C@H]1CN(C(=O)c1cc(O)cc(=O)o1)C2)[C@@H]1[C@H]2CCCO[C@H]21. The van der Waals surface area contributed by atoms with Crippen molar-refractivity contribution in [3.05, 3.63) is 28.3 Å². The van der Waals surface area contributed by atoms with Gasteiger partial charge in [0.25, 0.3) is 5.91 Å². The number of nitrogens with one attached hydrogen (secondary N) is 1. The molecule has 0 unspecified atom stereocenters. The largest absolute Gasteiger partial charge is 0.508 e. The van der Waals surface area contributed by atoms with E-state index in [0.29, 0.717) is 19.0 Å². The normalized spacial score (nSPS) is 35.9. The number of amides is 2. The van der Waals surface area contributed by atoms with Gasteiger partial charge in [-0.25, -0.2) is 4.79 Å². The van der Waals surface area contributed by atoms with Crippen LogP contribution in [-0.2, 0) is 9.53 Å². The lowest BCUT2D eigenvalue weighted by molar-refractivity contribution is -0.125. The van der Waals surface area contributed by atoms with E-state index < -0.39 is 17.1 Å². The number of aromatic hydroxyl groups is 1. The van der Waals surface area contributed by atoms with Gasteiger partial charge < -0.3 is 24.5 Å². The molecule has 0 spiro atoms. The fraction of sp³-hybridized carbons (Fsp3) is 0.650. The number of hydrogen-bond acceptors (Lipinski definition) is 6. The van der Waals surface area contributed by atoms with Crippen LogP contribution >= 0.6 is 0 Å². The van der Waals surface area contributed by atoms with Crippen LogP contribution in [0.1, 0.15) is 42.7 Å². The maximum Gasteiger partial charge on any atom is 0.340 e. The van der Waals surface area contributed by atoms with Crippen LogP contribution in [0, 0.1) is 17.8 Å². The first-order valence-electron chi connectivity index (χ1n) is 10.0. The Bertz CT molecular complexity index is 870. The van der Waals surface area contributed by atoms with E-state index in [9.17, 15) is 19.5 Å². The first kappa shape index (κ1) is 17.7. The van der Waals surface area contributed by atoms with Gasteiger partial charge in [0.1, 0.15) is 5.75 Å². The van der Waals surface area contributed by atoms with E-state index in [4.69, 9.17) is 9.15 Å². The van der Waals surface area contributed by atoms with Gasteiger partial charge in [0.15, 0.2) is 5.76 Å². The van der Waals surface area contributed by atoms with Crippen molar-refractivity contribution in [1.82, 2.24) is 10.2 Å². The smallest absolute Gasteiger partial charge is 0.340 e. The Labute approximate surface area is 161 Å². The topological polar surface area (TPSA) is 109 Å². The third-order valence-electron chi connectivity index (χ3n) is 6.89. The minimum absolute atomic E-state index is 0.0435. The first-order valence-corrected chi connectivity index (χ1v) is 10.0. The second-order valence-corrected chi connectivity index (χ2v) is 8.59. The fourth-order valence-corrected chi connectivity index (χ4v) is 5.50. The van der Waals surface area contributed by atoms with Gasteiger partial charge in [-0.05, 0) is 25.7 Å².